The molecule has 2 N–H and O–H groups in total. The zero-order valence-corrected chi connectivity index (χ0v) is 14.5. The summed E-state index contributed by atoms with van der Waals surface area (Å²) < 4.78 is 0. The third-order valence-electron chi connectivity index (χ3n) is 4.27. The van der Waals surface area contributed by atoms with E-state index in [1.807, 2.05) is 11.4 Å². The molecule has 25 heavy (non-hydrogen) atoms. The Morgan fingerprint density at radius 1 is 1.28 bits per heavy atom. The minimum absolute atomic E-state index is 0.120. The van der Waals surface area contributed by atoms with Crippen molar-refractivity contribution in [3.63, 3.8) is 0 Å². The van der Waals surface area contributed by atoms with Crippen LogP contribution >= 0.6 is 11.3 Å². The molecule has 0 spiro atoms. The van der Waals surface area contributed by atoms with Gasteiger partial charge in [0.15, 0.2) is 0 Å². The van der Waals surface area contributed by atoms with E-state index in [1.165, 1.54) is 17.4 Å². The number of nitrogens with one attached hydrogen (secondary N) is 1. The molecule has 1 atom stereocenters. The lowest BCUT2D eigenvalue weighted by molar-refractivity contribution is -0.119. The van der Waals surface area contributed by atoms with Gasteiger partial charge in [0.05, 0.1) is 10.4 Å². The minimum Gasteiger partial charge on any atom is -0.478 e. The summed E-state index contributed by atoms with van der Waals surface area (Å²) in [5, 5.41) is 13.7. The summed E-state index contributed by atoms with van der Waals surface area (Å²) in [5.41, 5.74) is 1.31. The number of amides is 2. The molecule has 1 fully saturated rings. The molecule has 2 aromatic rings. The van der Waals surface area contributed by atoms with Crippen LogP contribution in [0.25, 0.3) is 0 Å². The van der Waals surface area contributed by atoms with Crippen molar-refractivity contribution in [3.05, 3.63) is 51.7 Å². The number of aryl methyl sites for hydroxylation is 1. The number of hydrogen-bond acceptors (Lipinski definition) is 4. The quantitative estimate of drug-likeness (QED) is 0.880. The predicted molar refractivity (Wildman–Crippen MR) is 95.1 cm³/mol. The molecule has 1 aliphatic rings. The second kappa shape index (κ2) is 7.06. The molecular formula is C18H18N2O4S. The Morgan fingerprint density at radius 3 is 2.72 bits per heavy atom. The Bertz CT molecular complexity index is 816. The number of carboxylic acids is 1. The standard InChI is InChI=1S/C18H18N2O4S/c1-11-10-12(6-7-13(11)18(23)24)19-16(21)14-4-2-8-20(14)17(22)15-5-3-9-25-15/h3,5-7,9-10,14H,2,4,8H2,1H3,(H,19,21)(H,23,24). The third-order valence-corrected chi connectivity index (χ3v) is 5.13. The molecule has 6 nitrogen and oxygen atoms in total. The van der Waals surface area contributed by atoms with E-state index in [9.17, 15) is 14.4 Å². The second-order valence-electron chi connectivity index (χ2n) is 5.96. The normalized spacial score (nSPS) is 16.7. The molecular weight excluding hydrogens is 340 g/mol. The highest BCUT2D eigenvalue weighted by molar-refractivity contribution is 7.12. The number of nitrogens with zero attached hydrogens (tertiary/aromatic N) is 1. The fourth-order valence-corrected chi connectivity index (χ4v) is 3.71. The molecule has 0 aliphatic carbocycles. The summed E-state index contributed by atoms with van der Waals surface area (Å²) in [7, 11) is 0. The van der Waals surface area contributed by atoms with E-state index in [-0.39, 0.29) is 17.4 Å². The summed E-state index contributed by atoms with van der Waals surface area (Å²) in [6, 6.07) is 7.73. The van der Waals surface area contributed by atoms with E-state index in [0.29, 0.717) is 29.1 Å². The van der Waals surface area contributed by atoms with Crippen molar-refractivity contribution >= 4 is 34.8 Å². The average Bonchev–Trinajstić information content (AvgIpc) is 3.25. The predicted octanol–water partition coefficient (Wildman–Crippen LogP) is 3.00. The lowest BCUT2D eigenvalue weighted by atomic mass is 10.1. The van der Waals surface area contributed by atoms with Gasteiger partial charge >= 0.3 is 5.97 Å². The maximum Gasteiger partial charge on any atom is 0.335 e. The monoisotopic (exact) mass is 358 g/mol. The Kier molecular flexibility index (Phi) is 4.85. The first-order valence-corrected chi connectivity index (χ1v) is 8.84. The van der Waals surface area contributed by atoms with Crippen molar-refractivity contribution in [2.75, 3.05) is 11.9 Å². The molecule has 2 amide bonds. The lowest BCUT2D eigenvalue weighted by Crippen LogP contribution is -2.42. The van der Waals surface area contributed by atoms with Crippen molar-refractivity contribution < 1.29 is 19.5 Å². The van der Waals surface area contributed by atoms with Crippen LogP contribution in [-0.4, -0.2) is 40.4 Å². The Morgan fingerprint density at radius 2 is 2.08 bits per heavy atom. The Hall–Kier alpha value is -2.67. The van der Waals surface area contributed by atoms with Crippen LogP contribution in [0.3, 0.4) is 0 Å². The minimum atomic E-state index is -1.00. The molecule has 1 aromatic heterocycles. The van der Waals surface area contributed by atoms with E-state index in [4.69, 9.17) is 5.11 Å². The molecule has 1 unspecified atom stereocenters. The third kappa shape index (κ3) is 3.56. The number of anilines is 1. The maximum atomic E-state index is 12.6. The highest BCUT2D eigenvalue weighted by atomic mass is 32.1. The molecule has 3 rings (SSSR count). The fraction of sp³-hybridized carbons (Fsp3) is 0.278. The van der Waals surface area contributed by atoms with Crippen LogP contribution in [0.1, 0.15) is 38.4 Å². The number of carbonyl (C=O) groups is 3. The SMILES string of the molecule is Cc1cc(NC(=O)C2CCCN2C(=O)c2cccs2)ccc1C(=O)O. The molecule has 0 bridgehead atoms. The van der Waals surface area contributed by atoms with Crippen LogP contribution in [0.4, 0.5) is 5.69 Å². The first-order chi connectivity index (χ1) is 12.0. The molecule has 130 valence electrons. The smallest absolute Gasteiger partial charge is 0.335 e. The molecule has 0 radical (unpaired) electrons. The number of carboxylic acid groups (broad SMARTS) is 1. The Labute approximate surface area is 149 Å². The van der Waals surface area contributed by atoms with Crippen LogP contribution in [0, 0.1) is 6.92 Å². The summed E-state index contributed by atoms with van der Waals surface area (Å²) in [6.45, 7) is 2.24. The zero-order valence-electron chi connectivity index (χ0n) is 13.7. The van der Waals surface area contributed by atoms with E-state index < -0.39 is 12.0 Å². The summed E-state index contributed by atoms with van der Waals surface area (Å²) >= 11 is 1.36. The van der Waals surface area contributed by atoms with Crippen molar-refractivity contribution in [1.82, 2.24) is 4.90 Å². The largest absolute Gasteiger partial charge is 0.478 e. The van der Waals surface area contributed by atoms with E-state index in [0.717, 1.165) is 6.42 Å². The number of aromatic carboxylic acids is 1. The van der Waals surface area contributed by atoms with Crippen molar-refractivity contribution in [2.24, 2.45) is 0 Å². The van der Waals surface area contributed by atoms with E-state index in [1.54, 1.807) is 30.0 Å². The molecule has 1 aliphatic heterocycles. The van der Waals surface area contributed by atoms with Gasteiger partial charge in [-0.25, -0.2) is 4.79 Å². The van der Waals surface area contributed by atoms with Gasteiger partial charge in [-0.2, -0.15) is 0 Å². The van der Waals surface area contributed by atoms with Crippen LogP contribution in [-0.2, 0) is 4.79 Å². The number of hydrogen-bond donors (Lipinski definition) is 2. The highest BCUT2D eigenvalue weighted by Crippen LogP contribution is 2.24. The van der Waals surface area contributed by atoms with Gasteiger partial charge < -0.3 is 15.3 Å². The summed E-state index contributed by atoms with van der Waals surface area (Å²) in [6.07, 6.45) is 1.40. The first kappa shape index (κ1) is 17.2. The van der Waals surface area contributed by atoms with Crippen LogP contribution in [0.2, 0.25) is 0 Å². The van der Waals surface area contributed by atoms with Crippen LogP contribution < -0.4 is 5.32 Å². The van der Waals surface area contributed by atoms with Crippen molar-refractivity contribution in [2.45, 2.75) is 25.8 Å². The topological polar surface area (TPSA) is 86.7 Å². The van der Waals surface area contributed by atoms with Gasteiger partial charge in [0.2, 0.25) is 5.91 Å². The van der Waals surface area contributed by atoms with Gasteiger partial charge in [-0.3, -0.25) is 9.59 Å². The number of thiophene rings is 1. The van der Waals surface area contributed by atoms with Gasteiger partial charge in [-0.05, 0) is 55.0 Å². The summed E-state index contributed by atoms with van der Waals surface area (Å²) in [4.78, 5) is 38.5. The van der Waals surface area contributed by atoms with Gasteiger partial charge in [-0.15, -0.1) is 11.3 Å². The second-order valence-corrected chi connectivity index (χ2v) is 6.91. The lowest BCUT2D eigenvalue weighted by Gasteiger charge is -2.23. The first-order valence-electron chi connectivity index (χ1n) is 7.96. The van der Waals surface area contributed by atoms with Crippen LogP contribution in [0.5, 0.6) is 0 Å². The Balaban J connectivity index is 1.73. The maximum absolute atomic E-state index is 12.6. The van der Waals surface area contributed by atoms with E-state index >= 15 is 0 Å². The fourth-order valence-electron chi connectivity index (χ4n) is 3.03. The van der Waals surface area contributed by atoms with Gasteiger partial charge in [0.1, 0.15) is 6.04 Å². The molecule has 0 saturated carbocycles. The van der Waals surface area contributed by atoms with Gasteiger partial charge in [0, 0.05) is 12.2 Å². The van der Waals surface area contributed by atoms with Gasteiger partial charge in [0.25, 0.3) is 5.91 Å². The molecule has 7 heteroatoms. The average molecular weight is 358 g/mol. The number of rotatable bonds is 4. The van der Waals surface area contributed by atoms with Crippen molar-refractivity contribution in [3.8, 4) is 0 Å². The molecule has 1 saturated heterocycles. The number of benzene rings is 1. The van der Waals surface area contributed by atoms with Crippen molar-refractivity contribution in [1.29, 1.82) is 0 Å². The zero-order chi connectivity index (χ0) is 18.0. The van der Waals surface area contributed by atoms with E-state index in [2.05, 4.69) is 5.32 Å². The molecule has 1 aromatic carbocycles. The molecule has 2 heterocycles. The number of carbonyl (C=O) groups excluding carboxylic acids is 2. The number of likely N-dealkylation sites (tertiary alicyclic amines) is 1. The highest BCUT2D eigenvalue weighted by Gasteiger charge is 2.34. The summed E-state index contributed by atoms with van der Waals surface area (Å²) in [5.74, 6) is -1.37. The van der Waals surface area contributed by atoms with Crippen LogP contribution in [0.15, 0.2) is 35.7 Å². The van der Waals surface area contributed by atoms with Gasteiger partial charge in [-0.1, -0.05) is 6.07 Å².